The molecule has 0 atom stereocenters. The summed E-state index contributed by atoms with van der Waals surface area (Å²) >= 11 is 8.76. The van der Waals surface area contributed by atoms with Crippen molar-refractivity contribution in [1.29, 1.82) is 0 Å². The first-order valence-electron chi connectivity index (χ1n) is 3.23. The van der Waals surface area contributed by atoms with Crippen LogP contribution in [-0.4, -0.2) is 12.0 Å². The van der Waals surface area contributed by atoms with Gasteiger partial charge in [-0.05, 0) is 22.0 Å². The van der Waals surface area contributed by atoms with E-state index in [-0.39, 0.29) is 11.4 Å². The molecular weight excluding hydrogens is 261 g/mol. The minimum atomic E-state index is -0.511. The second-order valence-corrected chi connectivity index (χ2v) is 3.46. The zero-order valence-corrected chi connectivity index (χ0v) is 8.92. The second-order valence-electron chi connectivity index (χ2n) is 2.20. The van der Waals surface area contributed by atoms with Crippen LogP contribution < -0.4 is 4.74 Å². The number of methoxy groups -OCH3 is 1. The topological polar surface area (TPSA) is 52.4 Å². The molecule has 1 aromatic carbocycles. The van der Waals surface area contributed by atoms with Crippen LogP contribution in [0.1, 0.15) is 0 Å². The van der Waals surface area contributed by atoms with E-state index in [1.165, 1.54) is 19.2 Å². The Balaban J connectivity index is 3.30. The molecule has 0 amide bonds. The SMILES string of the molecule is COc1cc([N+](=O)[O-])c(Br)cc1Cl. The molecule has 1 rings (SSSR count). The van der Waals surface area contributed by atoms with Gasteiger partial charge >= 0.3 is 0 Å². The van der Waals surface area contributed by atoms with Gasteiger partial charge in [0.1, 0.15) is 5.75 Å². The fourth-order valence-corrected chi connectivity index (χ4v) is 1.68. The van der Waals surface area contributed by atoms with Gasteiger partial charge in [-0.25, -0.2) is 0 Å². The molecule has 0 aromatic heterocycles. The second kappa shape index (κ2) is 3.93. The number of nitrogens with zero attached hydrogens (tertiary/aromatic N) is 1. The van der Waals surface area contributed by atoms with Crippen LogP contribution in [0, 0.1) is 10.1 Å². The van der Waals surface area contributed by atoms with Crippen molar-refractivity contribution in [2.75, 3.05) is 7.11 Å². The highest BCUT2D eigenvalue weighted by Gasteiger charge is 2.15. The minimum Gasteiger partial charge on any atom is -0.495 e. The zero-order chi connectivity index (χ0) is 10.0. The summed E-state index contributed by atoms with van der Waals surface area (Å²) in [5.41, 5.74) is -0.0683. The number of nitro groups is 1. The summed E-state index contributed by atoms with van der Waals surface area (Å²) in [6, 6.07) is 2.70. The lowest BCUT2D eigenvalue weighted by atomic mass is 10.3. The van der Waals surface area contributed by atoms with E-state index in [9.17, 15) is 10.1 Å². The molecule has 0 saturated carbocycles. The molecule has 0 aliphatic rings. The summed E-state index contributed by atoms with van der Waals surface area (Å²) < 4.78 is 5.17. The molecule has 0 aliphatic heterocycles. The van der Waals surface area contributed by atoms with Crippen molar-refractivity contribution < 1.29 is 9.66 Å². The first kappa shape index (κ1) is 10.3. The Morgan fingerprint density at radius 1 is 1.62 bits per heavy atom. The van der Waals surface area contributed by atoms with E-state index in [4.69, 9.17) is 16.3 Å². The van der Waals surface area contributed by atoms with Gasteiger partial charge in [-0.3, -0.25) is 10.1 Å². The van der Waals surface area contributed by atoms with Crippen molar-refractivity contribution in [2.24, 2.45) is 0 Å². The van der Waals surface area contributed by atoms with E-state index in [0.29, 0.717) is 9.50 Å². The van der Waals surface area contributed by atoms with Crippen LogP contribution in [-0.2, 0) is 0 Å². The van der Waals surface area contributed by atoms with E-state index in [1.807, 2.05) is 0 Å². The van der Waals surface area contributed by atoms with Gasteiger partial charge in [0.05, 0.1) is 27.6 Å². The molecule has 70 valence electrons. The summed E-state index contributed by atoms with van der Waals surface area (Å²) in [5, 5.41) is 10.8. The van der Waals surface area contributed by atoms with E-state index in [2.05, 4.69) is 15.9 Å². The quantitative estimate of drug-likeness (QED) is 0.611. The smallest absolute Gasteiger partial charge is 0.287 e. The van der Waals surface area contributed by atoms with Gasteiger partial charge in [0, 0.05) is 0 Å². The standard InChI is InChI=1S/C7H5BrClNO3/c1-13-7-3-6(10(11)12)4(8)2-5(7)9/h2-3H,1H3. The molecule has 4 nitrogen and oxygen atoms in total. The van der Waals surface area contributed by atoms with E-state index in [0.717, 1.165) is 0 Å². The van der Waals surface area contributed by atoms with Crippen LogP contribution in [0.15, 0.2) is 16.6 Å². The molecule has 0 unspecified atom stereocenters. The Bertz CT molecular complexity index is 356. The van der Waals surface area contributed by atoms with Crippen LogP contribution in [0.2, 0.25) is 5.02 Å². The lowest BCUT2D eigenvalue weighted by Crippen LogP contribution is -1.92. The molecule has 0 spiro atoms. The highest BCUT2D eigenvalue weighted by Crippen LogP contribution is 2.35. The Morgan fingerprint density at radius 3 is 2.69 bits per heavy atom. The number of rotatable bonds is 2. The predicted octanol–water partition coefficient (Wildman–Crippen LogP) is 3.02. The first-order valence-corrected chi connectivity index (χ1v) is 4.40. The monoisotopic (exact) mass is 265 g/mol. The van der Waals surface area contributed by atoms with Gasteiger partial charge in [-0.15, -0.1) is 0 Å². The molecule has 1 aromatic rings. The van der Waals surface area contributed by atoms with Crippen molar-refractivity contribution in [1.82, 2.24) is 0 Å². The molecule has 0 saturated heterocycles. The number of hydrogen-bond acceptors (Lipinski definition) is 3. The summed E-state index contributed by atoms with van der Waals surface area (Å²) in [4.78, 5) is 9.97. The van der Waals surface area contributed by atoms with Crippen molar-refractivity contribution in [3.8, 4) is 5.75 Å². The molecular formula is C7H5BrClNO3. The third-order valence-corrected chi connectivity index (χ3v) is 2.35. The lowest BCUT2D eigenvalue weighted by Gasteiger charge is -2.03. The van der Waals surface area contributed by atoms with Gasteiger partial charge in [-0.2, -0.15) is 0 Å². The Labute approximate surface area is 87.7 Å². The van der Waals surface area contributed by atoms with Gasteiger partial charge in [0.2, 0.25) is 0 Å². The highest BCUT2D eigenvalue weighted by molar-refractivity contribution is 9.10. The molecule has 0 radical (unpaired) electrons. The zero-order valence-electron chi connectivity index (χ0n) is 6.58. The van der Waals surface area contributed by atoms with Gasteiger partial charge in [0.15, 0.2) is 0 Å². The molecule has 6 heteroatoms. The average Bonchev–Trinajstić information content (AvgIpc) is 2.03. The predicted molar refractivity (Wildman–Crippen MR) is 52.4 cm³/mol. The number of halogens is 2. The number of ether oxygens (including phenoxy) is 1. The van der Waals surface area contributed by atoms with Crippen LogP contribution in [0.25, 0.3) is 0 Å². The summed E-state index contributed by atoms with van der Waals surface area (Å²) in [7, 11) is 1.40. The van der Waals surface area contributed by atoms with Crippen molar-refractivity contribution >= 4 is 33.2 Å². The molecule has 0 N–H and O–H groups in total. The van der Waals surface area contributed by atoms with Crippen molar-refractivity contribution in [2.45, 2.75) is 0 Å². The number of benzene rings is 1. The molecule has 0 fully saturated rings. The Kier molecular flexibility index (Phi) is 3.11. The maximum absolute atomic E-state index is 10.5. The summed E-state index contributed by atoms with van der Waals surface area (Å²) in [6.45, 7) is 0. The number of hydrogen-bond donors (Lipinski definition) is 0. The van der Waals surface area contributed by atoms with Crippen LogP contribution in [0.3, 0.4) is 0 Å². The fraction of sp³-hybridized carbons (Fsp3) is 0.143. The average molecular weight is 266 g/mol. The lowest BCUT2D eigenvalue weighted by molar-refractivity contribution is -0.385. The van der Waals surface area contributed by atoms with E-state index in [1.54, 1.807) is 0 Å². The maximum Gasteiger partial charge on any atom is 0.287 e. The molecule has 0 heterocycles. The van der Waals surface area contributed by atoms with Gasteiger partial charge in [-0.1, -0.05) is 11.6 Å². The Hall–Kier alpha value is -0.810. The van der Waals surface area contributed by atoms with Gasteiger partial charge in [0.25, 0.3) is 5.69 Å². The molecule has 0 bridgehead atoms. The van der Waals surface area contributed by atoms with Crippen LogP contribution in [0.5, 0.6) is 5.75 Å². The fourth-order valence-electron chi connectivity index (χ4n) is 0.815. The van der Waals surface area contributed by atoms with Gasteiger partial charge < -0.3 is 4.74 Å². The third kappa shape index (κ3) is 2.10. The number of nitro benzene ring substituents is 1. The highest BCUT2D eigenvalue weighted by atomic mass is 79.9. The minimum absolute atomic E-state index is 0.0683. The maximum atomic E-state index is 10.5. The Morgan fingerprint density at radius 2 is 2.23 bits per heavy atom. The molecule has 0 aliphatic carbocycles. The van der Waals surface area contributed by atoms with E-state index < -0.39 is 4.92 Å². The van der Waals surface area contributed by atoms with Crippen molar-refractivity contribution in [3.05, 3.63) is 31.7 Å². The molecule has 13 heavy (non-hydrogen) atoms. The van der Waals surface area contributed by atoms with E-state index >= 15 is 0 Å². The van der Waals surface area contributed by atoms with Crippen LogP contribution in [0.4, 0.5) is 5.69 Å². The van der Waals surface area contributed by atoms with Crippen molar-refractivity contribution in [3.63, 3.8) is 0 Å². The first-order chi connectivity index (χ1) is 6.06. The normalized spacial score (nSPS) is 9.77. The summed E-state index contributed by atoms with van der Waals surface area (Å²) in [5.74, 6) is 0.288. The summed E-state index contributed by atoms with van der Waals surface area (Å²) in [6.07, 6.45) is 0. The van der Waals surface area contributed by atoms with Crippen LogP contribution >= 0.6 is 27.5 Å². The third-order valence-electron chi connectivity index (χ3n) is 1.42. The largest absolute Gasteiger partial charge is 0.495 e.